The van der Waals surface area contributed by atoms with Crippen LogP contribution >= 0.6 is 15.6 Å². The fraction of sp³-hybridized carbons (Fsp3) is 0.940. The van der Waals surface area contributed by atoms with Gasteiger partial charge in [-0.25, -0.2) is 9.13 Å². The van der Waals surface area contributed by atoms with Gasteiger partial charge in [-0.3, -0.25) is 37.3 Å². The second kappa shape index (κ2) is 60.6. The van der Waals surface area contributed by atoms with Crippen molar-refractivity contribution in [1.29, 1.82) is 0 Å². The van der Waals surface area contributed by atoms with Gasteiger partial charge >= 0.3 is 39.5 Å². The average Bonchev–Trinajstić information content (AvgIpc) is 3.49. The van der Waals surface area contributed by atoms with E-state index in [0.717, 1.165) is 102 Å². The Morgan fingerprint density at radius 3 is 0.791 bits per heavy atom. The second-order valence-electron chi connectivity index (χ2n) is 24.7. The van der Waals surface area contributed by atoms with Crippen LogP contribution in [0.1, 0.15) is 343 Å². The molecule has 3 N–H and O–H groups in total. The van der Waals surface area contributed by atoms with Crippen molar-refractivity contribution in [3.05, 3.63) is 0 Å². The minimum atomic E-state index is -4.94. The van der Waals surface area contributed by atoms with Gasteiger partial charge in [-0.1, -0.05) is 291 Å². The number of phosphoric acid groups is 2. The zero-order valence-corrected chi connectivity index (χ0v) is 57.2. The molecule has 0 rings (SSSR count). The van der Waals surface area contributed by atoms with Gasteiger partial charge in [-0.2, -0.15) is 0 Å². The normalized spacial score (nSPS) is 14.2. The van der Waals surface area contributed by atoms with E-state index in [2.05, 4.69) is 34.6 Å². The highest BCUT2D eigenvalue weighted by atomic mass is 31.2. The molecule has 0 bridgehead atoms. The van der Waals surface area contributed by atoms with Gasteiger partial charge in [0, 0.05) is 25.7 Å². The van der Waals surface area contributed by atoms with E-state index in [1.165, 1.54) is 161 Å². The van der Waals surface area contributed by atoms with Crippen molar-refractivity contribution < 1.29 is 80.2 Å². The first kappa shape index (κ1) is 84.1. The van der Waals surface area contributed by atoms with E-state index in [4.69, 9.17) is 37.0 Å². The van der Waals surface area contributed by atoms with Crippen LogP contribution in [0, 0.1) is 5.92 Å². The number of rotatable bonds is 67. The maximum atomic E-state index is 13.0. The molecule has 0 saturated heterocycles. The molecule has 0 aliphatic carbocycles. The van der Waals surface area contributed by atoms with Gasteiger partial charge in [-0.05, 0) is 31.6 Å². The first-order chi connectivity index (χ1) is 41.5. The lowest BCUT2D eigenvalue weighted by Crippen LogP contribution is -2.30. The molecule has 0 aliphatic heterocycles. The highest BCUT2D eigenvalue weighted by molar-refractivity contribution is 7.47. The summed E-state index contributed by atoms with van der Waals surface area (Å²) < 4.78 is 67.7. The first-order valence-corrected chi connectivity index (χ1v) is 38.1. The summed E-state index contributed by atoms with van der Waals surface area (Å²) in [7, 11) is -9.87. The Kier molecular flexibility index (Phi) is 59.2. The summed E-state index contributed by atoms with van der Waals surface area (Å²) in [6.07, 6.45) is 46.8. The van der Waals surface area contributed by atoms with Gasteiger partial charge in [0.2, 0.25) is 0 Å². The van der Waals surface area contributed by atoms with Crippen molar-refractivity contribution in [2.24, 2.45) is 5.92 Å². The van der Waals surface area contributed by atoms with Crippen LogP contribution in [0.2, 0.25) is 0 Å². The molecule has 0 aromatic heterocycles. The lowest BCUT2D eigenvalue weighted by Gasteiger charge is -2.21. The number of aliphatic hydroxyl groups excluding tert-OH is 1. The van der Waals surface area contributed by atoms with E-state index in [9.17, 15) is 43.2 Å². The molecule has 0 amide bonds. The molecule has 5 atom stereocenters. The number of unbranched alkanes of at least 4 members (excludes halogenated alkanes) is 39. The van der Waals surface area contributed by atoms with Crippen LogP contribution in [0.15, 0.2) is 0 Å². The Morgan fingerprint density at radius 1 is 0.314 bits per heavy atom. The van der Waals surface area contributed by atoms with Gasteiger partial charge < -0.3 is 33.8 Å². The monoisotopic (exact) mass is 1270 g/mol. The summed E-state index contributed by atoms with van der Waals surface area (Å²) in [5.74, 6) is -1.35. The van der Waals surface area contributed by atoms with Crippen molar-refractivity contribution in [2.45, 2.75) is 361 Å². The molecule has 0 aromatic rings. The topological polar surface area (TPSA) is 237 Å². The van der Waals surface area contributed by atoms with Crippen molar-refractivity contribution in [3.8, 4) is 0 Å². The Labute approximate surface area is 524 Å². The standard InChI is InChI=1S/C67H130O17P2/c1-6-9-12-15-16-17-18-19-20-21-22-25-28-31-34-37-42-46-51-65(70)78-57-63(84-67(72)53-48-43-38-35-32-29-26-23-24-27-30-33-36-41-44-49-60(4)5)59-82-86(75,76)80-55-61(68)54-79-85(73,74)81-58-62(83-66(71)52-47-40-14-11-8-3)56-77-64(69)50-45-39-13-10-7-2/h60-63,68H,6-59H2,1-5H3,(H,73,74)(H,75,76)/t61-,62+,63+/m0/s1. The number of carbonyl (C=O) groups is 4. The van der Waals surface area contributed by atoms with Crippen molar-refractivity contribution in [3.63, 3.8) is 0 Å². The number of carbonyl (C=O) groups excluding carboxylic acids is 4. The number of hydrogen-bond acceptors (Lipinski definition) is 15. The molecule has 0 heterocycles. The quantitative estimate of drug-likeness (QED) is 0.0222. The van der Waals surface area contributed by atoms with E-state index < -0.39 is 97.5 Å². The fourth-order valence-corrected chi connectivity index (χ4v) is 11.7. The van der Waals surface area contributed by atoms with E-state index in [0.29, 0.717) is 25.7 Å². The molecule has 0 saturated carbocycles. The summed E-state index contributed by atoms with van der Waals surface area (Å²) in [6, 6.07) is 0. The van der Waals surface area contributed by atoms with Gasteiger partial charge in [0.1, 0.15) is 19.3 Å². The summed E-state index contributed by atoms with van der Waals surface area (Å²) in [4.78, 5) is 71.8. The Bertz CT molecular complexity index is 1670. The molecule has 0 spiro atoms. The third kappa shape index (κ3) is 60.9. The molecular formula is C67H130O17P2. The van der Waals surface area contributed by atoms with Crippen LogP contribution in [-0.4, -0.2) is 96.7 Å². The van der Waals surface area contributed by atoms with Crippen LogP contribution < -0.4 is 0 Å². The maximum Gasteiger partial charge on any atom is 0.472 e. The number of aliphatic hydroxyl groups is 1. The molecular weight excluding hydrogens is 1140 g/mol. The van der Waals surface area contributed by atoms with Crippen LogP contribution in [0.25, 0.3) is 0 Å². The van der Waals surface area contributed by atoms with Crippen LogP contribution in [-0.2, 0) is 65.4 Å². The molecule has 86 heavy (non-hydrogen) atoms. The molecule has 0 aliphatic rings. The second-order valence-corrected chi connectivity index (χ2v) is 27.6. The third-order valence-electron chi connectivity index (χ3n) is 15.5. The molecule has 17 nitrogen and oxygen atoms in total. The minimum absolute atomic E-state index is 0.0990. The Hall–Kier alpha value is -1.94. The van der Waals surface area contributed by atoms with E-state index >= 15 is 0 Å². The minimum Gasteiger partial charge on any atom is -0.462 e. The van der Waals surface area contributed by atoms with Crippen LogP contribution in [0.4, 0.5) is 0 Å². The number of hydrogen-bond donors (Lipinski definition) is 3. The zero-order valence-electron chi connectivity index (χ0n) is 55.4. The largest absolute Gasteiger partial charge is 0.472 e. The van der Waals surface area contributed by atoms with Gasteiger partial charge in [0.25, 0.3) is 0 Å². The smallest absolute Gasteiger partial charge is 0.462 e. The fourth-order valence-electron chi connectivity index (χ4n) is 10.1. The molecule has 0 aromatic carbocycles. The van der Waals surface area contributed by atoms with Gasteiger partial charge in [0.15, 0.2) is 12.2 Å². The van der Waals surface area contributed by atoms with Gasteiger partial charge in [-0.15, -0.1) is 0 Å². The van der Waals surface area contributed by atoms with Crippen molar-refractivity contribution in [1.82, 2.24) is 0 Å². The van der Waals surface area contributed by atoms with Crippen LogP contribution in [0.5, 0.6) is 0 Å². The van der Waals surface area contributed by atoms with Crippen molar-refractivity contribution in [2.75, 3.05) is 39.6 Å². The molecule has 0 radical (unpaired) electrons. The van der Waals surface area contributed by atoms with E-state index in [-0.39, 0.29) is 25.7 Å². The third-order valence-corrected chi connectivity index (χ3v) is 17.4. The average molecular weight is 1270 g/mol. The lowest BCUT2D eigenvalue weighted by molar-refractivity contribution is -0.161. The van der Waals surface area contributed by atoms with Crippen molar-refractivity contribution >= 4 is 39.5 Å². The summed E-state index contributed by atoms with van der Waals surface area (Å²) in [6.45, 7) is 7.06. The number of esters is 4. The Balaban J connectivity index is 5.06. The first-order valence-electron chi connectivity index (χ1n) is 35.1. The zero-order chi connectivity index (χ0) is 63.5. The highest BCUT2D eigenvalue weighted by Gasteiger charge is 2.30. The van der Waals surface area contributed by atoms with Gasteiger partial charge in [0.05, 0.1) is 26.4 Å². The summed E-state index contributed by atoms with van der Waals surface area (Å²) in [5.41, 5.74) is 0. The summed E-state index contributed by atoms with van der Waals surface area (Å²) in [5, 5.41) is 10.5. The molecule has 0 fully saturated rings. The van der Waals surface area contributed by atoms with E-state index in [1.54, 1.807) is 0 Å². The van der Waals surface area contributed by atoms with Crippen LogP contribution in [0.3, 0.4) is 0 Å². The predicted octanol–water partition coefficient (Wildman–Crippen LogP) is 19.0. The van der Waals surface area contributed by atoms with E-state index in [1.807, 2.05) is 0 Å². The summed E-state index contributed by atoms with van der Waals surface area (Å²) >= 11 is 0. The molecule has 2 unspecified atom stereocenters. The Morgan fingerprint density at radius 2 is 0.535 bits per heavy atom. The number of ether oxygens (including phenoxy) is 4. The maximum absolute atomic E-state index is 13.0. The molecule has 510 valence electrons. The SMILES string of the molecule is CCCCCCCCCCCCCCCCCCCCC(=O)OC[C@H](COP(=O)(O)OC[C@@H](O)COP(=O)(O)OC[C@@H](COC(=O)CCCCCCC)OC(=O)CCCCCCC)OC(=O)CCCCCCCCCCCCCCCCCC(C)C. The number of phosphoric ester groups is 2. The highest BCUT2D eigenvalue weighted by Crippen LogP contribution is 2.45. The lowest BCUT2D eigenvalue weighted by atomic mass is 10.0. The predicted molar refractivity (Wildman–Crippen MR) is 345 cm³/mol. The molecule has 19 heteroatoms.